The number of fused-ring (bicyclic) bond motifs is 7. The standard InChI is InChI=1S/C84H94N4O9/c1-2-29-85-42-58-34-53-19-16-48(14-15-49-18-27-71(91)57(31-49)32-50-8-5-13-65(90)33-50)17-25-66-69-39-56-11-7-30-94-82(56)87-80(69)86-81-75(66)77(58)97-74(53)41-72(92)52-22-26-67-68(38-52)60(45-89)40-73(93)78(67)95-46-61-37-64(36-59-43-88(81)44-70(59)61)84-63-24-20-51-9-6-10-54(76(51)84)35-55-21-23-62-12-3-4-28-83(62,79(55)84)96-47-63/h5-6,8-10,13,18,22,26-27,31,33-34,36-37,40,43-44,48,52-53,55-56,62-63,72,74,77,79-80,82,85-87,89-93H,2-4,7,11-12,14-16,19-21,23-24,28-30,32,35,38-39,41-42,45-47H2,1H3. The molecule has 8 N–H and O–H groups in total. The van der Waals surface area contributed by atoms with Crippen molar-refractivity contribution in [2.45, 2.75) is 190 Å². The number of aromatic hydroxyl groups is 3. The molecule has 14 aliphatic rings. The highest BCUT2D eigenvalue weighted by molar-refractivity contribution is 5.89. The van der Waals surface area contributed by atoms with Crippen molar-refractivity contribution < 1.29 is 44.5 Å². The zero-order valence-corrected chi connectivity index (χ0v) is 56.1. The van der Waals surface area contributed by atoms with Crippen LogP contribution in [0.5, 0.6) is 23.0 Å². The van der Waals surface area contributed by atoms with Crippen LogP contribution in [0, 0.1) is 59.2 Å². The first-order valence-electron chi connectivity index (χ1n) is 37.2. The monoisotopic (exact) mass is 1300 g/mol. The summed E-state index contributed by atoms with van der Waals surface area (Å²) in [5, 5.41) is 72.2. The summed E-state index contributed by atoms with van der Waals surface area (Å²) >= 11 is 0. The fourth-order valence-electron chi connectivity index (χ4n) is 21.5. The van der Waals surface area contributed by atoms with E-state index >= 15 is 0 Å². The molecule has 1 spiro atoms. The molecule has 5 fully saturated rings. The molecular formula is C84H94N4O9. The van der Waals surface area contributed by atoms with E-state index in [9.17, 15) is 25.5 Å². The lowest BCUT2D eigenvalue weighted by molar-refractivity contribution is -0.247. The van der Waals surface area contributed by atoms with Crippen molar-refractivity contribution in [3.05, 3.63) is 187 Å². The molecule has 6 aliphatic carbocycles. The number of nitrogens with one attached hydrogen (secondary N) is 3. The third-order valence-electron chi connectivity index (χ3n) is 25.9. The predicted molar refractivity (Wildman–Crippen MR) is 375 cm³/mol. The van der Waals surface area contributed by atoms with Crippen LogP contribution < -0.4 is 20.7 Å². The minimum atomic E-state index is -0.805. The number of aliphatic hydroxyl groups is 2. The van der Waals surface area contributed by atoms with E-state index in [1.54, 1.807) is 23.8 Å². The number of dihydropyridines is 1. The first-order valence-corrected chi connectivity index (χ1v) is 37.2. The van der Waals surface area contributed by atoms with Crippen molar-refractivity contribution in [1.29, 1.82) is 0 Å². The molecule has 504 valence electrons. The fraction of sp³-hybridized carbons (Fsp3) is 0.500. The van der Waals surface area contributed by atoms with Crippen molar-refractivity contribution >= 4 is 22.7 Å². The molecule has 15 atom stereocenters. The topological polar surface area (TPSA) is 179 Å². The van der Waals surface area contributed by atoms with Crippen molar-refractivity contribution in [3.63, 3.8) is 0 Å². The summed E-state index contributed by atoms with van der Waals surface area (Å²) in [5.74, 6) is 11.4. The summed E-state index contributed by atoms with van der Waals surface area (Å²) in [6.07, 6.45) is 28.0. The smallest absolute Gasteiger partial charge is 0.168 e. The van der Waals surface area contributed by atoms with Gasteiger partial charge in [0.05, 0.1) is 31.0 Å². The van der Waals surface area contributed by atoms with E-state index in [4.69, 9.17) is 18.9 Å². The van der Waals surface area contributed by atoms with Gasteiger partial charge < -0.3 is 59.7 Å². The molecule has 13 heteroatoms. The van der Waals surface area contributed by atoms with Crippen molar-refractivity contribution in [2.24, 2.45) is 47.3 Å². The van der Waals surface area contributed by atoms with E-state index in [1.165, 1.54) is 59.9 Å². The molecular weight excluding hydrogens is 1210 g/mol. The molecule has 8 aliphatic heterocycles. The number of aryl methyl sites for hydroxylation is 2. The summed E-state index contributed by atoms with van der Waals surface area (Å²) in [4.78, 5) is 0. The van der Waals surface area contributed by atoms with E-state index in [0.717, 1.165) is 151 Å². The van der Waals surface area contributed by atoms with Crippen LogP contribution >= 0.6 is 0 Å². The van der Waals surface area contributed by atoms with Gasteiger partial charge in [-0.05, 0) is 224 Å². The number of aliphatic hydroxyl groups excluding tert-OH is 2. The van der Waals surface area contributed by atoms with Gasteiger partial charge in [-0.3, -0.25) is 5.32 Å². The first-order chi connectivity index (χ1) is 47.5. The van der Waals surface area contributed by atoms with Crippen molar-refractivity contribution in [2.75, 3.05) is 26.3 Å². The Hall–Kier alpha value is -7.12. The normalized spacial score (nSPS) is 32.7. The molecule has 97 heavy (non-hydrogen) atoms. The number of benzene rings is 5. The zero-order chi connectivity index (χ0) is 65.3. The van der Waals surface area contributed by atoms with Crippen LogP contribution in [0.4, 0.5) is 0 Å². The highest BCUT2D eigenvalue weighted by atomic mass is 16.5. The summed E-state index contributed by atoms with van der Waals surface area (Å²) in [7, 11) is 0. The van der Waals surface area contributed by atoms with Crippen molar-refractivity contribution in [3.8, 4) is 34.8 Å². The van der Waals surface area contributed by atoms with Crippen LogP contribution in [0.2, 0.25) is 0 Å². The summed E-state index contributed by atoms with van der Waals surface area (Å²) in [5.41, 5.74) is 16.1. The third-order valence-corrected chi connectivity index (χ3v) is 25.9. The lowest BCUT2D eigenvalue weighted by atomic mass is 9.39. The molecule has 1 aromatic heterocycles. The number of aromatic nitrogens is 1. The zero-order valence-electron chi connectivity index (χ0n) is 56.1. The molecule has 10 bridgehead atoms. The van der Waals surface area contributed by atoms with Gasteiger partial charge in [0, 0.05) is 101 Å². The molecule has 20 rings (SSSR count). The van der Waals surface area contributed by atoms with Crippen LogP contribution in [0.1, 0.15) is 164 Å². The van der Waals surface area contributed by atoms with Gasteiger partial charge in [-0.15, -0.1) is 0 Å². The van der Waals surface area contributed by atoms with Gasteiger partial charge in [0.25, 0.3) is 0 Å². The van der Waals surface area contributed by atoms with Gasteiger partial charge in [0.15, 0.2) is 11.5 Å². The minimum Gasteiger partial charge on any atom is -0.508 e. The average molecular weight is 1300 g/mol. The van der Waals surface area contributed by atoms with Crippen LogP contribution in [0.15, 0.2) is 126 Å². The predicted octanol–water partition coefficient (Wildman–Crippen LogP) is 13.3. The summed E-state index contributed by atoms with van der Waals surface area (Å²) < 4.78 is 31.9. The molecule has 2 saturated carbocycles. The largest absolute Gasteiger partial charge is 0.508 e. The highest BCUT2D eigenvalue weighted by Crippen LogP contribution is 2.69. The molecule has 9 heterocycles. The van der Waals surface area contributed by atoms with Crippen LogP contribution in [0.3, 0.4) is 0 Å². The minimum absolute atomic E-state index is 0.00630. The van der Waals surface area contributed by atoms with E-state index in [1.807, 2.05) is 30.3 Å². The van der Waals surface area contributed by atoms with Gasteiger partial charge in [-0.1, -0.05) is 98.4 Å². The molecule has 13 nitrogen and oxygen atoms in total. The van der Waals surface area contributed by atoms with E-state index in [2.05, 4.69) is 100 Å². The molecule has 0 amide bonds. The number of hydrogen-bond acceptors (Lipinski definition) is 12. The Balaban J connectivity index is 0.856. The van der Waals surface area contributed by atoms with Crippen molar-refractivity contribution in [1.82, 2.24) is 20.5 Å². The first kappa shape index (κ1) is 62.2. The van der Waals surface area contributed by atoms with Gasteiger partial charge in [0.2, 0.25) is 0 Å². The Kier molecular flexibility index (Phi) is 16.0. The highest BCUT2D eigenvalue weighted by Gasteiger charge is 2.69. The Morgan fingerprint density at radius 2 is 1.73 bits per heavy atom. The van der Waals surface area contributed by atoms with Gasteiger partial charge in [-0.25, -0.2) is 0 Å². The Morgan fingerprint density at radius 1 is 0.814 bits per heavy atom. The van der Waals surface area contributed by atoms with Crippen LogP contribution in [0.25, 0.3) is 22.7 Å². The maximum absolute atomic E-state index is 13.0. The Morgan fingerprint density at radius 3 is 2.64 bits per heavy atom. The second kappa shape index (κ2) is 24.9. The quantitative estimate of drug-likeness (QED) is 0.0350. The van der Waals surface area contributed by atoms with E-state index in [0.29, 0.717) is 61.5 Å². The Labute approximate surface area is 570 Å². The van der Waals surface area contributed by atoms with Crippen LogP contribution in [-0.4, -0.2) is 92.7 Å². The molecule has 6 aromatic rings. The maximum Gasteiger partial charge on any atom is 0.168 e. The second-order valence-corrected chi connectivity index (χ2v) is 31.2. The molecule has 3 saturated heterocycles. The average Bonchev–Trinajstić information content (AvgIpc) is 0.942. The summed E-state index contributed by atoms with van der Waals surface area (Å²) in [6.45, 7) is 5.09. The molecule has 5 aromatic carbocycles. The van der Waals surface area contributed by atoms with E-state index < -0.39 is 12.2 Å². The number of ether oxygens (including phenoxy) is 4. The van der Waals surface area contributed by atoms with Gasteiger partial charge >= 0.3 is 0 Å². The SMILES string of the molecule is CCCNCC1=CC2CCC(CCc3ccc(O)c(Cc4cccc(O)c4)c3)C#CC3=C4CC5CCCOC5NC4NC4=C3C1OC2CC(O)C1C=Cc2c(c(CO)cc(O)c2OCc2cc(C35c6c7cccc6CC6CCC8CCCCC8(OCC3CC7)C65)cc3cn4cc23)C1. The van der Waals surface area contributed by atoms with Gasteiger partial charge in [-0.2, -0.15) is 0 Å². The van der Waals surface area contributed by atoms with Crippen LogP contribution in [-0.2, 0) is 64.9 Å². The lowest BCUT2D eigenvalue weighted by Gasteiger charge is -2.69. The van der Waals surface area contributed by atoms with E-state index in [-0.39, 0.29) is 89.6 Å². The molecule has 0 radical (unpaired) electrons. The number of rotatable bonds is 11. The fourth-order valence-corrected chi connectivity index (χ4v) is 21.5. The van der Waals surface area contributed by atoms with Gasteiger partial charge in [0.1, 0.15) is 42.4 Å². The second-order valence-electron chi connectivity index (χ2n) is 31.2. The lowest BCUT2D eigenvalue weighted by Crippen LogP contribution is -2.70. The molecule has 15 unspecified atom stereocenters. The Bertz CT molecular complexity index is 4320. The number of nitrogens with zero attached hydrogens (tertiary/aromatic N) is 1. The maximum atomic E-state index is 13.0. The number of hydrogen-bond donors (Lipinski definition) is 8. The third kappa shape index (κ3) is 10.5. The number of phenolic OH excluding ortho intramolecular Hbond substituents is 3. The number of phenols is 3. The summed E-state index contributed by atoms with van der Waals surface area (Å²) in [6, 6.07) is 27.3. The number of piperidine rings is 1.